The van der Waals surface area contributed by atoms with Crippen LogP contribution in [0.3, 0.4) is 0 Å². The summed E-state index contributed by atoms with van der Waals surface area (Å²) in [5.41, 5.74) is 2.38. The van der Waals surface area contributed by atoms with Crippen LogP contribution < -0.4 is 9.47 Å². The van der Waals surface area contributed by atoms with Crippen molar-refractivity contribution in [2.45, 2.75) is 26.3 Å². The molecule has 1 amide bonds. The molecule has 7 nitrogen and oxygen atoms in total. The van der Waals surface area contributed by atoms with Crippen LogP contribution in [0.1, 0.15) is 29.8 Å². The first kappa shape index (κ1) is 21.9. The third kappa shape index (κ3) is 4.78. The molecule has 4 rings (SSSR count). The number of piperazine rings is 1. The average molecular weight is 436 g/mol. The number of methoxy groups -OCH3 is 1. The van der Waals surface area contributed by atoms with Crippen LogP contribution in [0.2, 0.25) is 0 Å². The molecule has 1 N–H and O–H groups in total. The van der Waals surface area contributed by atoms with E-state index in [1.807, 2.05) is 29.3 Å². The molecule has 0 bridgehead atoms. The second-order valence-corrected chi connectivity index (χ2v) is 8.32. The van der Waals surface area contributed by atoms with E-state index >= 15 is 0 Å². The molecular formula is C25H29N3O4. The Bertz CT molecular complexity index is 1100. The summed E-state index contributed by atoms with van der Waals surface area (Å²) in [6, 6.07) is 13.0. The summed E-state index contributed by atoms with van der Waals surface area (Å²) < 4.78 is 10.8. The Morgan fingerprint density at radius 3 is 2.34 bits per heavy atom. The highest BCUT2D eigenvalue weighted by Crippen LogP contribution is 2.24. The lowest BCUT2D eigenvalue weighted by molar-refractivity contribution is -0.133. The summed E-state index contributed by atoms with van der Waals surface area (Å²) >= 11 is 0. The van der Waals surface area contributed by atoms with Crippen LogP contribution in [0.5, 0.6) is 11.5 Å². The monoisotopic (exact) mass is 435 g/mol. The summed E-state index contributed by atoms with van der Waals surface area (Å²) in [4.78, 5) is 32.7. The molecule has 32 heavy (non-hydrogen) atoms. The molecule has 1 aliphatic heterocycles. The number of rotatable bonds is 6. The first-order chi connectivity index (χ1) is 15.4. The van der Waals surface area contributed by atoms with E-state index in [1.54, 1.807) is 31.4 Å². The van der Waals surface area contributed by atoms with Crippen LogP contribution in [0.25, 0.3) is 10.9 Å². The molecule has 0 saturated carbocycles. The van der Waals surface area contributed by atoms with E-state index in [0.717, 1.165) is 48.4 Å². The topological polar surface area (TPSA) is 74.9 Å². The van der Waals surface area contributed by atoms with Crippen LogP contribution in [-0.2, 0) is 11.2 Å². The highest BCUT2D eigenvalue weighted by molar-refractivity contribution is 5.94. The fourth-order valence-corrected chi connectivity index (χ4v) is 4.04. The molecule has 2 heterocycles. The molecule has 0 radical (unpaired) electrons. The third-order valence-corrected chi connectivity index (χ3v) is 5.97. The lowest BCUT2D eigenvalue weighted by atomic mass is 10.1. The summed E-state index contributed by atoms with van der Waals surface area (Å²) in [5.74, 6) is 0.808. The summed E-state index contributed by atoms with van der Waals surface area (Å²) in [6.45, 7) is 7.57. The van der Waals surface area contributed by atoms with E-state index in [-0.39, 0.29) is 18.3 Å². The van der Waals surface area contributed by atoms with E-state index in [4.69, 9.17) is 9.47 Å². The molecule has 0 atom stereocenters. The zero-order valence-electron chi connectivity index (χ0n) is 18.8. The molecule has 1 saturated heterocycles. The van der Waals surface area contributed by atoms with Gasteiger partial charge >= 0.3 is 5.97 Å². The van der Waals surface area contributed by atoms with Gasteiger partial charge in [-0.2, -0.15) is 0 Å². The number of amides is 1. The standard InChI is InChI=1S/C25H29N3O4/c1-17(2)27-10-12-28(13-11-27)25(30)18-4-6-20(7-5-18)32-24(29)14-19-16-26-23-9-8-21(31-3)15-22(19)23/h4-9,15-17,26H,10-14H2,1-3H3. The van der Waals surface area contributed by atoms with Crippen LogP contribution in [0.4, 0.5) is 0 Å². The number of hydrogen-bond donors (Lipinski definition) is 1. The molecule has 7 heteroatoms. The van der Waals surface area contributed by atoms with E-state index < -0.39 is 0 Å². The lowest BCUT2D eigenvalue weighted by Gasteiger charge is -2.37. The quantitative estimate of drug-likeness (QED) is 0.474. The molecule has 168 valence electrons. The van der Waals surface area contributed by atoms with Crippen LogP contribution >= 0.6 is 0 Å². The smallest absolute Gasteiger partial charge is 0.315 e. The molecule has 0 spiro atoms. The lowest BCUT2D eigenvalue weighted by Crippen LogP contribution is -2.50. The highest BCUT2D eigenvalue weighted by Gasteiger charge is 2.23. The number of H-pyrrole nitrogens is 1. The Hall–Kier alpha value is -3.32. The van der Waals surface area contributed by atoms with Gasteiger partial charge in [-0.25, -0.2) is 0 Å². The highest BCUT2D eigenvalue weighted by atomic mass is 16.5. The fourth-order valence-electron chi connectivity index (χ4n) is 4.04. The van der Waals surface area contributed by atoms with Crippen molar-refractivity contribution in [3.8, 4) is 11.5 Å². The first-order valence-electron chi connectivity index (χ1n) is 10.9. The number of hydrogen-bond acceptors (Lipinski definition) is 5. The van der Waals surface area contributed by atoms with E-state index in [2.05, 4.69) is 23.7 Å². The van der Waals surface area contributed by atoms with E-state index in [0.29, 0.717) is 17.4 Å². The average Bonchev–Trinajstić information content (AvgIpc) is 3.20. The second kappa shape index (κ2) is 9.44. The van der Waals surface area contributed by atoms with Gasteiger partial charge in [-0.05, 0) is 61.9 Å². The van der Waals surface area contributed by atoms with Crippen molar-refractivity contribution in [2.75, 3.05) is 33.3 Å². The number of nitrogens with zero attached hydrogens (tertiary/aromatic N) is 2. The maximum atomic E-state index is 12.8. The minimum absolute atomic E-state index is 0.0130. The number of carbonyl (C=O) groups is 2. The fraction of sp³-hybridized carbons (Fsp3) is 0.360. The van der Waals surface area contributed by atoms with Crippen molar-refractivity contribution >= 4 is 22.8 Å². The van der Waals surface area contributed by atoms with Gasteiger partial charge in [0, 0.05) is 54.9 Å². The predicted molar refractivity (Wildman–Crippen MR) is 123 cm³/mol. The number of esters is 1. The Labute approximate surface area is 187 Å². The first-order valence-corrected chi connectivity index (χ1v) is 10.9. The number of ether oxygens (including phenoxy) is 2. The van der Waals surface area contributed by atoms with Crippen molar-refractivity contribution in [1.82, 2.24) is 14.8 Å². The molecule has 1 aromatic heterocycles. The number of aromatic amines is 1. The van der Waals surface area contributed by atoms with Crippen LogP contribution in [0, 0.1) is 0 Å². The summed E-state index contributed by atoms with van der Waals surface area (Å²) in [7, 11) is 1.61. The van der Waals surface area contributed by atoms with Gasteiger partial charge in [0.2, 0.25) is 0 Å². The van der Waals surface area contributed by atoms with Crippen molar-refractivity contribution in [2.24, 2.45) is 0 Å². The third-order valence-electron chi connectivity index (χ3n) is 5.97. The van der Waals surface area contributed by atoms with Gasteiger partial charge in [0.1, 0.15) is 11.5 Å². The second-order valence-electron chi connectivity index (χ2n) is 8.32. The van der Waals surface area contributed by atoms with Crippen LogP contribution in [-0.4, -0.2) is 66.0 Å². The van der Waals surface area contributed by atoms with Gasteiger partial charge in [0.05, 0.1) is 13.5 Å². The van der Waals surface area contributed by atoms with E-state index in [9.17, 15) is 9.59 Å². The van der Waals surface area contributed by atoms with Gasteiger partial charge in [0.15, 0.2) is 0 Å². The van der Waals surface area contributed by atoms with Gasteiger partial charge < -0.3 is 19.4 Å². The number of nitrogens with one attached hydrogen (secondary N) is 1. The maximum absolute atomic E-state index is 12.8. The zero-order chi connectivity index (χ0) is 22.7. The number of carbonyl (C=O) groups excluding carboxylic acids is 2. The summed E-state index contributed by atoms with van der Waals surface area (Å²) in [6.07, 6.45) is 1.94. The van der Waals surface area contributed by atoms with E-state index in [1.165, 1.54) is 0 Å². The molecular weight excluding hydrogens is 406 g/mol. The SMILES string of the molecule is COc1ccc2[nH]cc(CC(=O)Oc3ccc(C(=O)N4CCN(C(C)C)CC4)cc3)c2c1. The minimum atomic E-state index is -0.363. The molecule has 0 aliphatic carbocycles. The normalized spacial score (nSPS) is 14.7. The van der Waals surface area contributed by atoms with Gasteiger partial charge in [-0.3, -0.25) is 14.5 Å². The van der Waals surface area contributed by atoms with Crippen molar-refractivity contribution in [3.05, 3.63) is 59.8 Å². The molecule has 3 aromatic rings. The molecule has 2 aromatic carbocycles. The Balaban J connectivity index is 1.35. The Morgan fingerprint density at radius 2 is 1.69 bits per heavy atom. The van der Waals surface area contributed by atoms with Gasteiger partial charge in [0.25, 0.3) is 5.91 Å². The molecule has 1 aliphatic rings. The number of aromatic nitrogens is 1. The summed E-state index contributed by atoms with van der Waals surface area (Å²) in [5, 5.41) is 0.930. The van der Waals surface area contributed by atoms with Crippen molar-refractivity contribution in [3.63, 3.8) is 0 Å². The van der Waals surface area contributed by atoms with Crippen molar-refractivity contribution < 1.29 is 19.1 Å². The molecule has 1 fully saturated rings. The Morgan fingerprint density at radius 1 is 1.00 bits per heavy atom. The minimum Gasteiger partial charge on any atom is -0.497 e. The zero-order valence-corrected chi connectivity index (χ0v) is 18.8. The van der Waals surface area contributed by atoms with Crippen molar-refractivity contribution in [1.29, 1.82) is 0 Å². The molecule has 0 unspecified atom stereocenters. The van der Waals surface area contributed by atoms with Crippen LogP contribution in [0.15, 0.2) is 48.7 Å². The van der Waals surface area contributed by atoms with Gasteiger partial charge in [-0.15, -0.1) is 0 Å². The predicted octanol–water partition coefficient (Wildman–Crippen LogP) is 3.49. The Kier molecular flexibility index (Phi) is 6.46. The number of fused-ring (bicyclic) bond motifs is 1. The van der Waals surface area contributed by atoms with Gasteiger partial charge in [-0.1, -0.05) is 0 Å². The maximum Gasteiger partial charge on any atom is 0.315 e. The largest absolute Gasteiger partial charge is 0.497 e. The number of benzene rings is 2.